The lowest BCUT2D eigenvalue weighted by atomic mass is 9.97. The molecule has 0 aromatic carbocycles. The molecule has 0 aromatic heterocycles. The molecule has 0 amide bonds. The zero-order valence-corrected chi connectivity index (χ0v) is 11.8. The Bertz CT molecular complexity index is 396. The van der Waals surface area contributed by atoms with E-state index in [-0.39, 0.29) is 18.4 Å². The monoisotopic (exact) mass is 279 g/mol. The van der Waals surface area contributed by atoms with E-state index in [9.17, 15) is 9.59 Å². The summed E-state index contributed by atoms with van der Waals surface area (Å²) in [5, 5.41) is 0. The highest BCUT2D eigenvalue weighted by molar-refractivity contribution is 6.29. The van der Waals surface area contributed by atoms with Crippen molar-refractivity contribution >= 4 is 24.3 Å². The first-order valence-corrected chi connectivity index (χ1v) is 6.76. The van der Waals surface area contributed by atoms with Gasteiger partial charge in [0.1, 0.15) is 12.1 Å². The highest BCUT2D eigenvalue weighted by atomic mass is 16.5. The first-order valence-electron chi connectivity index (χ1n) is 6.76. The van der Waals surface area contributed by atoms with Crippen LogP contribution in [-0.4, -0.2) is 55.4 Å². The molecule has 0 spiro atoms. The van der Waals surface area contributed by atoms with Crippen LogP contribution in [0.4, 0.5) is 0 Å². The zero-order valence-electron chi connectivity index (χ0n) is 11.8. The van der Waals surface area contributed by atoms with E-state index in [0.717, 1.165) is 19.1 Å². The third-order valence-electron chi connectivity index (χ3n) is 3.05. The molecule has 0 N–H and O–H groups in total. The topological polar surface area (TPSA) is 71.3 Å². The van der Waals surface area contributed by atoms with Crippen molar-refractivity contribution in [1.29, 1.82) is 0 Å². The van der Waals surface area contributed by atoms with Gasteiger partial charge < -0.3 is 14.4 Å². The summed E-state index contributed by atoms with van der Waals surface area (Å²) in [6, 6.07) is 0. The van der Waals surface area contributed by atoms with Gasteiger partial charge in [-0.2, -0.15) is 0 Å². The highest BCUT2D eigenvalue weighted by Gasteiger charge is 2.26. The third kappa shape index (κ3) is 4.95. The quantitative estimate of drug-likeness (QED) is 0.315. The fourth-order valence-corrected chi connectivity index (χ4v) is 2.07. The molecule has 1 rings (SSSR count). The molecule has 0 aromatic rings. The number of likely N-dealkylation sites (tertiary alicyclic amines) is 1. The average molecular weight is 279 g/mol. The summed E-state index contributed by atoms with van der Waals surface area (Å²) >= 11 is 0. The average Bonchev–Trinajstić information content (AvgIpc) is 2.47. The molecule has 6 heteroatoms. The molecule has 0 atom stereocenters. The van der Waals surface area contributed by atoms with Gasteiger partial charge in [0, 0.05) is 19.3 Å². The van der Waals surface area contributed by atoms with Gasteiger partial charge in [0.05, 0.1) is 25.3 Å². The summed E-state index contributed by atoms with van der Waals surface area (Å²) in [4.78, 5) is 32.1. The largest absolute Gasteiger partial charge is 0.466 e. The maximum atomic E-state index is 11.7. The number of ether oxygens (including phenoxy) is 1. The molecular formula is C14H21N3O3. The Hall–Kier alpha value is -1.98. The van der Waals surface area contributed by atoms with Crippen molar-refractivity contribution in [2.45, 2.75) is 19.8 Å². The van der Waals surface area contributed by atoms with Crippen LogP contribution in [-0.2, 0) is 14.3 Å². The van der Waals surface area contributed by atoms with Crippen molar-refractivity contribution in [3.8, 4) is 0 Å². The summed E-state index contributed by atoms with van der Waals surface area (Å²) < 4.78 is 5.03. The Kier molecular flexibility index (Phi) is 7.24. The molecule has 1 saturated heterocycles. The lowest BCUT2D eigenvalue weighted by Gasteiger charge is -2.31. The van der Waals surface area contributed by atoms with Crippen LogP contribution in [0.15, 0.2) is 22.8 Å². The summed E-state index contributed by atoms with van der Waals surface area (Å²) in [6.45, 7) is 7.34. The third-order valence-corrected chi connectivity index (χ3v) is 3.05. The smallest absolute Gasteiger partial charge is 0.309 e. The maximum Gasteiger partial charge on any atom is 0.309 e. The van der Waals surface area contributed by atoms with Crippen molar-refractivity contribution in [3.05, 3.63) is 12.8 Å². The Morgan fingerprint density at radius 2 is 2.15 bits per heavy atom. The van der Waals surface area contributed by atoms with Crippen LogP contribution in [0.1, 0.15) is 19.8 Å². The minimum atomic E-state index is -0.121. The minimum absolute atomic E-state index is 0.0388. The van der Waals surface area contributed by atoms with Crippen molar-refractivity contribution in [2.24, 2.45) is 15.9 Å². The van der Waals surface area contributed by atoms with Gasteiger partial charge in [-0.25, -0.2) is 4.99 Å². The first-order chi connectivity index (χ1) is 9.72. The lowest BCUT2D eigenvalue weighted by Crippen LogP contribution is -2.41. The van der Waals surface area contributed by atoms with Crippen molar-refractivity contribution in [2.75, 3.05) is 26.2 Å². The number of esters is 1. The maximum absolute atomic E-state index is 11.7. The van der Waals surface area contributed by atoms with E-state index in [2.05, 4.69) is 16.6 Å². The molecule has 6 nitrogen and oxygen atoms in total. The highest BCUT2D eigenvalue weighted by Crippen LogP contribution is 2.18. The van der Waals surface area contributed by atoms with Gasteiger partial charge in [0.25, 0.3) is 0 Å². The second kappa shape index (κ2) is 9.01. The van der Waals surface area contributed by atoms with Crippen LogP contribution in [0.2, 0.25) is 0 Å². The predicted molar refractivity (Wildman–Crippen MR) is 78.0 cm³/mol. The number of piperidine rings is 1. The van der Waals surface area contributed by atoms with Crippen LogP contribution in [0.5, 0.6) is 0 Å². The first kappa shape index (κ1) is 16.1. The van der Waals surface area contributed by atoms with Gasteiger partial charge in [-0.05, 0) is 19.8 Å². The number of carbonyl (C=O) groups excluding carboxylic acids is 2. The van der Waals surface area contributed by atoms with Crippen LogP contribution >= 0.6 is 0 Å². The number of hydrogen-bond donors (Lipinski definition) is 0. The number of amidine groups is 1. The van der Waals surface area contributed by atoms with E-state index < -0.39 is 0 Å². The van der Waals surface area contributed by atoms with E-state index in [4.69, 9.17) is 4.74 Å². The van der Waals surface area contributed by atoms with E-state index in [1.807, 2.05) is 11.8 Å². The number of nitrogens with zero attached hydrogens (tertiary/aromatic N) is 3. The molecule has 0 saturated carbocycles. The molecule has 1 fully saturated rings. The van der Waals surface area contributed by atoms with E-state index >= 15 is 0 Å². The van der Waals surface area contributed by atoms with E-state index in [1.165, 1.54) is 6.20 Å². The van der Waals surface area contributed by atoms with Crippen LogP contribution in [0, 0.1) is 5.92 Å². The number of rotatable bonds is 6. The molecule has 0 bridgehead atoms. The molecule has 20 heavy (non-hydrogen) atoms. The van der Waals surface area contributed by atoms with E-state index in [1.54, 1.807) is 6.21 Å². The summed E-state index contributed by atoms with van der Waals surface area (Å²) in [5.41, 5.74) is 0. The number of hydrogen-bond acceptors (Lipinski definition) is 5. The van der Waals surface area contributed by atoms with Crippen LogP contribution in [0.25, 0.3) is 0 Å². The van der Waals surface area contributed by atoms with Crippen molar-refractivity contribution in [3.63, 3.8) is 0 Å². The van der Waals surface area contributed by atoms with Gasteiger partial charge in [-0.3, -0.25) is 9.79 Å². The Labute approximate surface area is 119 Å². The molecule has 1 aliphatic heterocycles. The Balaban J connectivity index is 2.56. The van der Waals surface area contributed by atoms with Crippen LogP contribution < -0.4 is 0 Å². The minimum Gasteiger partial charge on any atom is -0.466 e. The number of aldehydes is 1. The molecule has 110 valence electrons. The Morgan fingerprint density at radius 1 is 1.45 bits per heavy atom. The fourth-order valence-electron chi connectivity index (χ4n) is 2.07. The molecule has 1 aliphatic rings. The zero-order chi connectivity index (χ0) is 14.8. The van der Waals surface area contributed by atoms with E-state index in [0.29, 0.717) is 25.5 Å². The van der Waals surface area contributed by atoms with Gasteiger partial charge in [-0.1, -0.05) is 6.58 Å². The number of carbonyl (C=O) groups is 2. The van der Waals surface area contributed by atoms with Gasteiger partial charge in [0.15, 0.2) is 0 Å². The SMILES string of the molecule is C=CN=C(C=NCC=O)N1CCC(C(=O)OCC)CC1. The van der Waals surface area contributed by atoms with Gasteiger partial charge >= 0.3 is 5.97 Å². The normalized spacial score (nSPS) is 17.2. The summed E-state index contributed by atoms with van der Waals surface area (Å²) in [7, 11) is 0. The molecule has 0 unspecified atom stereocenters. The molecular weight excluding hydrogens is 258 g/mol. The van der Waals surface area contributed by atoms with Crippen LogP contribution in [0.3, 0.4) is 0 Å². The molecule has 0 aliphatic carbocycles. The van der Waals surface area contributed by atoms with Gasteiger partial charge in [0.2, 0.25) is 0 Å². The fraction of sp³-hybridized carbons (Fsp3) is 0.571. The predicted octanol–water partition coefficient (Wildman–Crippen LogP) is 1.07. The Morgan fingerprint density at radius 3 is 2.70 bits per heavy atom. The van der Waals surface area contributed by atoms with Crippen molar-refractivity contribution in [1.82, 2.24) is 4.90 Å². The van der Waals surface area contributed by atoms with Gasteiger partial charge in [-0.15, -0.1) is 0 Å². The summed E-state index contributed by atoms with van der Waals surface area (Å²) in [6.07, 6.45) is 5.21. The number of aliphatic imine (C=N–C) groups is 2. The standard InChI is InChI=1S/C14H21N3O3/c1-3-16-13(11-15-7-10-18)17-8-5-12(6-9-17)14(19)20-4-2/h3,10-12H,1,4-9H2,2H3. The summed E-state index contributed by atoms with van der Waals surface area (Å²) in [5.74, 6) is 0.510. The molecule has 0 radical (unpaired) electrons. The molecule has 1 heterocycles. The van der Waals surface area contributed by atoms with Crippen molar-refractivity contribution < 1.29 is 14.3 Å². The second-order valence-corrected chi connectivity index (χ2v) is 4.34. The second-order valence-electron chi connectivity index (χ2n) is 4.34. The lowest BCUT2D eigenvalue weighted by molar-refractivity contribution is -0.149.